The van der Waals surface area contributed by atoms with Crippen LogP contribution in [0.1, 0.15) is 12.0 Å². The van der Waals surface area contributed by atoms with Crippen molar-refractivity contribution in [3.8, 4) is 17.4 Å². The number of nitrogens with zero attached hydrogens (tertiary/aromatic N) is 3. The van der Waals surface area contributed by atoms with Crippen LogP contribution < -0.4 is 24.4 Å². The summed E-state index contributed by atoms with van der Waals surface area (Å²) in [5, 5.41) is 3.17. The lowest BCUT2D eigenvalue weighted by Crippen LogP contribution is -2.57. The molecule has 0 aliphatic carbocycles. The van der Waals surface area contributed by atoms with Crippen LogP contribution in [-0.2, 0) is 16.1 Å². The topological polar surface area (TPSA) is 95.0 Å². The van der Waals surface area contributed by atoms with Gasteiger partial charge in [0.15, 0.2) is 0 Å². The molecular formula is C30H32N4O5. The number of rotatable bonds is 12. The number of carbonyl (C=O) groups is 1. The Balaban J connectivity index is 1.11. The maximum Gasteiger partial charge on any atom is 0.241 e. The minimum absolute atomic E-state index is 0.0136. The number of amides is 1. The van der Waals surface area contributed by atoms with Crippen LogP contribution in [-0.4, -0.2) is 61.9 Å². The van der Waals surface area contributed by atoms with Gasteiger partial charge in [-0.2, -0.15) is 0 Å². The van der Waals surface area contributed by atoms with E-state index in [1.165, 1.54) is 0 Å². The van der Waals surface area contributed by atoms with Crippen molar-refractivity contribution in [2.75, 3.05) is 44.9 Å². The van der Waals surface area contributed by atoms with Crippen LogP contribution in [0.3, 0.4) is 0 Å². The number of hydrogen-bond acceptors (Lipinski definition) is 8. The van der Waals surface area contributed by atoms with Crippen LogP contribution in [0.4, 0.5) is 5.69 Å². The van der Waals surface area contributed by atoms with Crippen molar-refractivity contribution in [1.29, 1.82) is 0 Å². The van der Waals surface area contributed by atoms with Gasteiger partial charge in [-0.05, 0) is 42.5 Å². The fourth-order valence-corrected chi connectivity index (χ4v) is 4.46. The Morgan fingerprint density at radius 3 is 2.59 bits per heavy atom. The minimum atomic E-state index is -0.188. The molecule has 1 unspecified atom stereocenters. The molecule has 9 heteroatoms. The van der Waals surface area contributed by atoms with E-state index in [0.717, 1.165) is 40.2 Å². The number of methoxy groups -OCH3 is 1. The zero-order valence-electron chi connectivity index (χ0n) is 21.9. The lowest BCUT2D eigenvalue weighted by molar-refractivity contribution is -0.119. The van der Waals surface area contributed by atoms with Gasteiger partial charge in [0.25, 0.3) is 0 Å². The molecule has 9 nitrogen and oxygen atoms in total. The van der Waals surface area contributed by atoms with E-state index in [4.69, 9.17) is 18.9 Å². The van der Waals surface area contributed by atoms with Crippen LogP contribution >= 0.6 is 0 Å². The summed E-state index contributed by atoms with van der Waals surface area (Å²) in [6.07, 6.45) is 2.37. The van der Waals surface area contributed by atoms with E-state index in [0.29, 0.717) is 38.9 Å². The normalized spacial score (nSPS) is 15.4. The monoisotopic (exact) mass is 528 g/mol. The summed E-state index contributed by atoms with van der Waals surface area (Å²) >= 11 is 0. The van der Waals surface area contributed by atoms with E-state index in [1.54, 1.807) is 18.2 Å². The zero-order chi connectivity index (χ0) is 26.9. The van der Waals surface area contributed by atoms with E-state index < -0.39 is 0 Å². The number of aromatic nitrogens is 2. The summed E-state index contributed by atoms with van der Waals surface area (Å²) in [6, 6.07) is 22.8. The van der Waals surface area contributed by atoms with Crippen LogP contribution in [0.2, 0.25) is 0 Å². The Kier molecular flexibility index (Phi) is 8.82. The number of fused-ring (bicyclic) bond motifs is 1. The fraction of sp³-hybridized carbons (Fsp3) is 0.300. The molecule has 3 aromatic carbocycles. The van der Waals surface area contributed by atoms with E-state index in [-0.39, 0.29) is 18.5 Å². The number of hydrogen-bond donors (Lipinski definition) is 1. The maximum atomic E-state index is 12.8. The van der Waals surface area contributed by atoms with Crippen molar-refractivity contribution in [2.45, 2.75) is 19.1 Å². The summed E-state index contributed by atoms with van der Waals surface area (Å²) in [5.41, 5.74) is 3.40. The highest BCUT2D eigenvalue weighted by molar-refractivity contribution is 5.96. The molecule has 1 amide bonds. The Labute approximate surface area is 227 Å². The lowest BCUT2D eigenvalue weighted by atomic mass is 10.1. The van der Waals surface area contributed by atoms with Gasteiger partial charge >= 0.3 is 0 Å². The Hall–Kier alpha value is -4.21. The van der Waals surface area contributed by atoms with E-state index in [9.17, 15) is 4.79 Å². The number of benzene rings is 3. The number of para-hydroxylation sites is 3. The summed E-state index contributed by atoms with van der Waals surface area (Å²) < 4.78 is 23.0. The first-order chi connectivity index (χ1) is 19.2. The molecule has 2 heterocycles. The van der Waals surface area contributed by atoms with Crippen LogP contribution in [0, 0.1) is 0 Å². The number of carbonyl (C=O) groups excluding carboxylic acids is 1. The Bertz CT molecular complexity index is 1380. The number of anilines is 1. The molecule has 1 fully saturated rings. The van der Waals surface area contributed by atoms with Gasteiger partial charge in [-0.3, -0.25) is 4.79 Å². The molecule has 0 bridgehead atoms. The van der Waals surface area contributed by atoms with Gasteiger partial charge in [-0.1, -0.05) is 30.3 Å². The molecule has 1 aliphatic heterocycles. The SMILES string of the molecule is COc1ccccc1COCCCOc1ccc(N2C(=O)CNCC2COc2cnc3ccccc3n2)cc1. The molecule has 4 aromatic rings. The number of nitrogens with one attached hydrogen (secondary N) is 1. The van der Waals surface area contributed by atoms with Gasteiger partial charge < -0.3 is 29.2 Å². The van der Waals surface area contributed by atoms with Gasteiger partial charge in [-0.15, -0.1) is 0 Å². The molecular weight excluding hydrogens is 496 g/mol. The molecule has 1 saturated heterocycles. The maximum absolute atomic E-state index is 12.8. The highest BCUT2D eigenvalue weighted by Crippen LogP contribution is 2.24. The summed E-state index contributed by atoms with van der Waals surface area (Å²) in [6.45, 7) is 2.78. The predicted molar refractivity (Wildman–Crippen MR) is 148 cm³/mol. The third-order valence-electron chi connectivity index (χ3n) is 6.41. The third kappa shape index (κ3) is 6.81. The second-order valence-corrected chi connectivity index (χ2v) is 9.12. The number of ether oxygens (including phenoxy) is 4. The fourth-order valence-electron chi connectivity index (χ4n) is 4.46. The Morgan fingerprint density at radius 1 is 0.949 bits per heavy atom. The second kappa shape index (κ2) is 13.0. The van der Waals surface area contributed by atoms with Gasteiger partial charge in [-0.25, -0.2) is 9.97 Å². The first kappa shape index (κ1) is 26.4. The van der Waals surface area contributed by atoms with Crippen LogP contribution in [0.15, 0.2) is 79.0 Å². The minimum Gasteiger partial charge on any atom is -0.496 e. The predicted octanol–water partition coefficient (Wildman–Crippen LogP) is 4.01. The molecule has 0 spiro atoms. The molecule has 202 valence electrons. The van der Waals surface area contributed by atoms with Crippen molar-refractivity contribution < 1.29 is 23.7 Å². The van der Waals surface area contributed by atoms with E-state index in [1.807, 2.05) is 72.8 Å². The molecule has 0 radical (unpaired) electrons. The average molecular weight is 529 g/mol. The molecule has 1 aliphatic rings. The van der Waals surface area contributed by atoms with Gasteiger partial charge in [0.05, 0.1) is 56.7 Å². The van der Waals surface area contributed by atoms with Gasteiger partial charge in [0.1, 0.15) is 18.1 Å². The standard InChI is InChI=1S/C30H32N4O5/c1-36-28-10-5-2-7-22(28)20-37-15-6-16-38-25-13-11-23(12-14-25)34-24(17-31-19-30(34)35)21-39-29-18-32-26-8-3-4-9-27(26)33-29/h2-5,7-14,18,24,31H,6,15-17,19-21H2,1H3. The molecule has 1 atom stereocenters. The van der Waals surface area contributed by atoms with Crippen molar-refractivity contribution in [2.24, 2.45) is 0 Å². The smallest absolute Gasteiger partial charge is 0.241 e. The van der Waals surface area contributed by atoms with Crippen LogP contribution in [0.25, 0.3) is 11.0 Å². The lowest BCUT2D eigenvalue weighted by Gasteiger charge is -2.35. The summed E-state index contributed by atoms with van der Waals surface area (Å²) in [5.74, 6) is 1.99. The second-order valence-electron chi connectivity index (χ2n) is 9.12. The molecule has 5 rings (SSSR count). The van der Waals surface area contributed by atoms with Gasteiger partial charge in [0.2, 0.25) is 11.8 Å². The average Bonchev–Trinajstić information content (AvgIpc) is 2.98. The largest absolute Gasteiger partial charge is 0.496 e. The van der Waals surface area contributed by atoms with Gasteiger partial charge in [0, 0.05) is 24.2 Å². The van der Waals surface area contributed by atoms with Crippen molar-refractivity contribution in [3.05, 3.63) is 84.6 Å². The quantitative estimate of drug-likeness (QED) is 0.276. The molecule has 39 heavy (non-hydrogen) atoms. The van der Waals surface area contributed by atoms with Crippen molar-refractivity contribution in [1.82, 2.24) is 15.3 Å². The third-order valence-corrected chi connectivity index (χ3v) is 6.41. The summed E-state index contributed by atoms with van der Waals surface area (Å²) in [7, 11) is 1.66. The highest BCUT2D eigenvalue weighted by Gasteiger charge is 2.30. The highest BCUT2D eigenvalue weighted by atomic mass is 16.5. The first-order valence-corrected chi connectivity index (χ1v) is 13.0. The van der Waals surface area contributed by atoms with Crippen molar-refractivity contribution >= 4 is 22.6 Å². The summed E-state index contributed by atoms with van der Waals surface area (Å²) in [4.78, 5) is 23.5. The first-order valence-electron chi connectivity index (χ1n) is 13.0. The molecule has 0 saturated carbocycles. The molecule has 1 N–H and O–H groups in total. The Morgan fingerprint density at radius 2 is 1.74 bits per heavy atom. The molecule has 1 aromatic heterocycles. The van der Waals surface area contributed by atoms with Crippen molar-refractivity contribution in [3.63, 3.8) is 0 Å². The van der Waals surface area contributed by atoms with E-state index in [2.05, 4.69) is 15.3 Å². The van der Waals surface area contributed by atoms with E-state index >= 15 is 0 Å². The number of piperazine rings is 1. The zero-order valence-corrected chi connectivity index (χ0v) is 21.9. The van der Waals surface area contributed by atoms with Crippen LogP contribution in [0.5, 0.6) is 17.4 Å².